The highest BCUT2D eigenvalue weighted by Gasteiger charge is 2.18. The van der Waals surface area contributed by atoms with Gasteiger partial charge in [0, 0.05) is 6.92 Å². The zero-order chi connectivity index (χ0) is 14.5. The fraction of sp³-hybridized carbons (Fsp3) is 0.0588. The Morgan fingerprint density at radius 2 is 1.67 bits per heavy atom. The molecule has 0 atom stereocenters. The molecule has 1 heterocycles. The maximum absolute atomic E-state index is 5.54. The molecule has 0 aliphatic carbocycles. The van der Waals surface area contributed by atoms with Crippen LogP contribution in [0.5, 0.6) is 0 Å². The lowest BCUT2D eigenvalue weighted by atomic mass is 10.2. The molecule has 4 heteroatoms. The van der Waals surface area contributed by atoms with Crippen molar-refractivity contribution in [1.29, 1.82) is 0 Å². The number of anilines is 1. The van der Waals surface area contributed by atoms with Gasteiger partial charge in [-0.25, -0.2) is 4.99 Å². The van der Waals surface area contributed by atoms with Crippen LogP contribution in [0.3, 0.4) is 0 Å². The zero-order valence-corrected chi connectivity index (χ0v) is 11.7. The summed E-state index contributed by atoms with van der Waals surface area (Å²) >= 11 is 0. The third-order valence-electron chi connectivity index (χ3n) is 2.90. The van der Waals surface area contributed by atoms with Gasteiger partial charge in [0.1, 0.15) is 5.70 Å². The van der Waals surface area contributed by atoms with Gasteiger partial charge in [-0.1, -0.05) is 48.5 Å². The first-order valence-electron chi connectivity index (χ1n) is 6.70. The van der Waals surface area contributed by atoms with Gasteiger partial charge < -0.3 is 4.74 Å². The van der Waals surface area contributed by atoms with Gasteiger partial charge in [0.05, 0.1) is 5.69 Å². The molecule has 0 amide bonds. The second kappa shape index (κ2) is 6.05. The van der Waals surface area contributed by atoms with Gasteiger partial charge in [0.25, 0.3) is 5.90 Å². The molecule has 2 aromatic carbocycles. The lowest BCUT2D eigenvalue weighted by Gasteiger charge is -2.02. The minimum atomic E-state index is 0.472. The number of aliphatic imine (C=N–C) groups is 1. The van der Waals surface area contributed by atoms with E-state index in [0.29, 0.717) is 17.5 Å². The normalized spacial score (nSPS) is 17.7. The van der Waals surface area contributed by atoms with E-state index in [1.165, 1.54) is 0 Å². The van der Waals surface area contributed by atoms with Crippen LogP contribution in [0.2, 0.25) is 0 Å². The highest BCUT2D eigenvalue weighted by atomic mass is 16.5. The monoisotopic (exact) mass is 277 g/mol. The summed E-state index contributed by atoms with van der Waals surface area (Å²) in [7, 11) is 0. The molecule has 3 rings (SSSR count). The third kappa shape index (κ3) is 3.36. The topological polar surface area (TPSA) is 46.0 Å². The number of benzene rings is 2. The molecule has 2 aromatic rings. The second-order valence-corrected chi connectivity index (χ2v) is 4.57. The molecule has 1 aliphatic rings. The molecule has 0 bridgehead atoms. The van der Waals surface area contributed by atoms with E-state index in [9.17, 15) is 0 Å². The fourth-order valence-corrected chi connectivity index (χ4v) is 1.94. The fourth-order valence-electron chi connectivity index (χ4n) is 1.94. The summed E-state index contributed by atoms with van der Waals surface area (Å²) in [5.41, 5.74) is 5.64. The number of hydrogen-bond donors (Lipinski definition) is 1. The van der Waals surface area contributed by atoms with Crippen molar-refractivity contribution < 1.29 is 4.74 Å². The number of hydrazone groups is 1. The molecule has 0 unspecified atom stereocenters. The predicted molar refractivity (Wildman–Crippen MR) is 86.1 cm³/mol. The molecule has 0 aromatic heterocycles. The average Bonchev–Trinajstić information content (AvgIpc) is 2.87. The first kappa shape index (κ1) is 13.1. The van der Waals surface area contributed by atoms with E-state index in [1.54, 1.807) is 0 Å². The molecule has 1 aliphatic heterocycles. The van der Waals surface area contributed by atoms with Gasteiger partial charge in [-0.15, -0.1) is 5.10 Å². The highest BCUT2D eigenvalue weighted by Crippen LogP contribution is 2.17. The van der Waals surface area contributed by atoms with E-state index in [4.69, 9.17) is 4.74 Å². The van der Waals surface area contributed by atoms with Crippen molar-refractivity contribution in [2.24, 2.45) is 10.1 Å². The van der Waals surface area contributed by atoms with Crippen LogP contribution in [0, 0.1) is 0 Å². The van der Waals surface area contributed by atoms with Crippen molar-refractivity contribution in [2.45, 2.75) is 6.92 Å². The summed E-state index contributed by atoms with van der Waals surface area (Å²) in [6.07, 6.45) is 1.95. The first-order valence-corrected chi connectivity index (χ1v) is 6.70. The summed E-state index contributed by atoms with van der Waals surface area (Å²) in [5, 5.41) is 4.28. The van der Waals surface area contributed by atoms with Gasteiger partial charge in [0.2, 0.25) is 0 Å². The van der Waals surface area contributed by atoms with Gasteiger partial charge in [0.15, 0.2) is 5.90 Å². The number of para-hydroxylation sites is 1. The van der Waals surface area contributed by atoms with E-state index in [1.807, 2.05) is 73.7 Å². The van der Waals surface area contributed by atoms with E-state index in [-0.39, 0.29) is 0 Å². The number of nitrogens with zero attached hydrogens (tertiary/aromatic N) is 2. The number of nitrogens with one attached hydrogen (secondary N) is 1. The maximum Gasteiger partial charge on any atom is 0.263 e. The molecule has 1 N–H and O–H groups in total. The Morgan fingerprint density at radius 1 is 1.00 bits per heavy atom. The predicted octanol–water partition coefficient (Wildman–Crippen LogP) is 3.90. The van der Waals surface area contributed by atoms with E-state index in [2.05, 4.69) is 15.5 Å². The lowest BCUT2D eigenvalue weighted by molar-refractivity contribution is 0.558. The Bertz CT molecular complexity index is 703. The highest BCUT2D eigenvalue weighted by molar-refractivity contribution is 6.09. The van der Waals surface area contributed by atoms with E-state index in [0.717, 1.165) is 11.3 Å². The molecular weight excluding hydrogens is 262 g/mol. The van der Waals surface area contributed by atoms with Gasteiger partial charge in [-0.2, -0.15) is 0 Å². The van der Waals surface area contributed by atoms with Crippen LogP contribution in [-0.2, 0) is 4.74 Å². The summed E-state index contributed by atoms with van der Waals surface area (Å²) in [6, 6.07) is 19.7. The van der Waals surface area contributed by atoms with Crippen LogP contribution >= 0.6 is 0 Å². The van der Waals surface area contributed by atoms with Crippen LogP contribution in [0.25, 0.3) is 6.08 Å². The molecule has 0 saturated carbocycles. The van der Waals surface area contributed by atoms with Crippen LogP contribution in [0.1, 0.15) is 12.5 Å². The summed E-state index contributed by atoms with van der Waals surface area (Å²) < 4.78 is 5.54. The van der Waals surface area contributed by atoms with Gasteiger partial charge >= 0.3 is 0 Å². The van der Waals surface area contributed by atoms with Crippen molar-refractivity contribution in [3.63, 3.8) is 0 Å². The van der Waals surface area contributed by atoms with Crippen molar-refractivity contribution in [3.05, 3.63) is 71.9 Å². The van der Waals surface area contributed by atoms with Gasteiger partial charge in [-0.3, -0.25) is 5.43 Å². The Labute approximate surface area is 123 Å². The molecule has 21 heavy (non-hydrogen) atoms. The third-order valence-corrected chi connectivity index (χ3v) is 2.90. The number of ether oxygens (including phenoxy) is 1. The minimum Gasteiger partial charge on any atom is -0.421 e. The Kier molecular flexibility index (Phi) is 3.78. The largest absolute Gasteiger partial charge is 0.421 e. The van der Waals surface area contributed by atoms with Crippen LogP contribution in [-0.4, -0.2) is 11.8 Å². The average molecular weight is 277 g/mol. The Morgan fingerprint density at radius 3 is 2.38 bits per heavy atom. The maximum atomic E-state index is 5.54. The van der Waals surface area contributed by atoms with Crippen LogP contribution < -0.4 is 5.43 Å². The molecule has 4 nitrogen and oxygen atoms in total. The Hall–Kier alpha value is -2.88. The molecule has 0 spiro atoms. The van der Waals surface area contributed by atoms with Gasteiger partial charge in [-0.05, 0) is 23.8 Å². The van der Waals surface area contributed by atoms with Crippen molar-refractivity contribution in [1.82, 2.24) is 0 Å². The van der Waals surface area contributed by atoms with Crippen molar-refractivity contribution in [2.75, 3.05) is 5.43 Å². The first-order chi connectivity index (χ1) is 10.3. The molecule has 104 valence electrons. The molecule has 0 saturated heterocycles. The molecule has 0 fully saturated rings. The smallest absolute Gasteiger partial charge is 0.263 e. The van der Waals surface area contributed by atoms with Crippen LogP contribution in [0.15, 0.2) is 76.5 Å². The standard InChI is InChI=1S/C17H15N3O/c1-13-18-16(12-14-8-4-2-5-9-14)17(21-13)20-19-15-10-6-3-7-11-15/h2-12,19H,1H3/b16-12+,20-17-. The van der Waals surface area contributed by atoms with Crippen molar-refractivity contribution in [3.8, 4) is 0 Å². The van der Waals surface area contributed by atoms with Crippen molar-refractivity contribution >= 4 is 23.6 Å². The summed E-state index contributed by atoms with van der Waals surface area (Å²) in [5.74, 6) is 1.06. The number of hydrogen-bond acceptors (Lipinski definition) is 4. The lowest BCUT2D eigenvalue weighted by Crippen LogP contribution is -2.05. The van der Waals surface area contributed by atoms with E-state index >= 15 is 0 Å². The second-order valence-electron chi connectivity index (χ2n) is 4.57. The summed E-state index contributed by atoms with van der Waals surface area (Å²) in [4.78, 5) is 4.36. The summed E-state index contributed by atoms with van der Waals surface area (Å²) in [6.45, 7) is 1.81. The molecule has 0 radical (unpaired) electrons. The van der Waals surface area contributed by atoms with Crippen LogP contribution in [0.4, 0.5) is 5.69 Å². The Balaban J connectivity index is 1.83. The minimum absolute atomic E-state index is 0.472. The zero-order valence-electron chi connectivity index (χ0n) is 11.7. The molecular formula is C17H15N3O. The van der Waals surface area contributed by atoms with E-state index < -0.39 is 0 Å². The number of rotatable bonds is 3. The SMILES string of the molecule is CC1=NC(=C/c2ccccc2)/C(=N/Nc2ccccc2)O1. The quantitative estimate of drug-likeness (QED) is 0.865.